The summed E-state index contributed by atoms with van der Waals surface area (Å²) in [7, 11) is 1.75. The molecule has 2 saturated heterocycles. The Balaban J connectivity index is 2.18. The number of carbonyl (C=O) groups excluding carboxylic acids is 3. The maximum atomic E-state index is 12.3. The van der Waals surface area contributed by atoms with Gasteiger partial charge in [-0.2, -0.15) is 0 Å². The van der Waals surface area contributed by atoms with Crippen molar-refractivity contribution in [2.75, 3.05) is 7.05 Å². The molecule has 0 aromatic rings. The zero-order valence-electron chi connectivity index (χ0n) is 22.5. The van der Waals surface area contributed by atoms with E-state index in [2.05, 4.69) is 20.4 Å². The highest BCUT2D eigenvalue weighted by molar-refractivity contribution is 5.73. The SMILES string of the molecule is C=C1C[C@@H]2O[C@@H]([C@@H]3[C@H]2[C@@](C)(OC(C)=O)[C@H](O)C[C@H]3C(C)C)[C@@](C)(OC(C)=O)CC[C@H]1N(C)C(C)=O. The summed E-state index contributed by atoms with van der Waals surface area (Å²) in [6, 6.07) is -0.252. The summed E-state index contributed by atoms with van der Waals surface area (Å²) in [4.78, 5) is 38.4. The second-order valence-electron chi connectivity index (χ2n) is 11.6. The molecule has 2 aliphatic heterocycles. The molecule has 0 unspecified atom stereocenters. The van der Waals surface area contributed by atoms with E-state index in [0.29, 0.717) is 25.7 Å². The number of ether oxygens (including phenoxy) is 3. The van der Waals surface area contributed by atoms with Crippen LogP contribution in [0.15, 0.2) is 12.2 Å². The van der Waals surface area contributed by atoms with E-state index in [1.807, 2.05) is 6.92 Å². The molecule has 8 nitrogen and oxygen atoms in total. The molecule has 9 atom stereocenters. The average Bonchev–Trinajstić information content (AvgIpc) is 3.11. The fraction of sp³-hybridized carbons (Fsp3) is 0.815. The molecular weight excluding hydrogens is 450 g/mol. The lowest BCUT2D eigenvalue weighted by Gasteiger charge is -2.53. The number of hydrogen-bond donors (Lipinski definition) is 1. The molecule has 1 amide bonds. The lowest BCUT2D eigenvalue weighted by Crippen LogP contribution is -2.62. The van der Waals surface area contributed by atoms with Gasteiger partial charge in [-0.3, -0.25) is 14.4 Å². The maximum absolute atomic E-state index is 12.3. The second kappa shape index (κ2) is 9.85. The Morgan fingerprint density at radius 1 is 1.14 bits per heavy atom. The van der Waals surface area contributed by atoms with Gasteiger partial charge in [-0.15, -0.1) is 0 Å². The first-order valence-electron chi connectivity index (χ1n) is 12.8. The minimum atomic E-state index is -1.17. The van der Waals surface area contributed by atoms with Gasteiger partial charge in [-0.25, -0.2) is 0 Å². The number of likely N-dealkylation sites (N-methyl/N-ethyl adjacent to an activating group) is 1. The molecule has 0 spiro atoms. The summed E-state index contributed by atoms with van der Waals surface area (Å²) >= 11 is 0. The van der Waals surface area contributed by atoms with Crippen molar-refractivity contribution < 1.29 is 33.7 Å². The number of aliphatic hydroxyl groups is 1. The van der Waals surface area contributed by atoms with Crippen LogP contribution in [0.2, 0.25) is 0 Å². The summed E-state index contributed by atoms with van der Waals surface area (Å²) < 4.78 is 18.7. The molecule has 0 radical (unpaired) electrons. The van der Waals surface area contributed by atoms with Gasteiger partial charge >= 0.3 is 11.9 Å². The zero-order valence-corrected chi connectivity index (χ0v) is 22.5. The normalized spacial score (nSPS) is 41.3. The van der Waals surface area contributed by atoms with Crippen LogP contribution in [0.25, 0.3) is 0 Å². The van der Waals surface area contributed by atoms with Crippen LogP contribution in [0.5, 0.6) is 0 Å². The van der Waals surface area contributed by atoms with Crippen molar-refractivity contribution in [1.29, 1.82) is 0 Å². The highest BCUT2D eigenvalue weighted by Crippen LogP contribution is 2.58. The van der Waals surface area contributed by atoms with Crippen LogP contribution < -0.4 is 0 Å². The van der Waals surface area contributed by atoms with Gasteiger partial charge in [0, 0.05) is 39.7 Å². The molecule has 1 saturated carbocycles. The van der Waals surface area contributed by atoms with Crippen molar-refractivity contribution in [3.05, 3.63) is 12.2 Å². The highest BCUT2D eigenvalue weighted by atomic mass is 16.6. The lowest BCUT2D eigenvalue weighted by molar-refractivity contribution is -0.205. The first-order valence-corrected chi connectivity index (χ1v) is 12.8. The minimum absolute atomic E-state index is 0.0758. The van der Waals surface area contributed by atoms with E-state index in [-0.39, 0.29) is 35.6 Å². The molecule has 2 bridgehead atoms. The van der Waals surface area contributed by atoms with Crippen molar-refractivity contribution in [1.82, 2.24) is 4.90 Å². The molecule has 8 heteroatoms. The largest absolute Gasteiger partial charge is 0.457 e. The van der Waals surface area contributed by atoms with Crippen LogP contribution >= 0.6 is 0 Å². The summed E-state index contributed by atoms with van der Waals surface area (Å²) in [5, 5.41) is 11.3. The van der Waals surface area contributed by atoms with E-state index in [1.165, 1.54) is 20.8 Å². The van der Waals surface area contributed by atoms with Gasteiger partial charge in [0.15, 0.2) is 0 Å². The molecule has 1 N–H and O–H groups in total. The first-order chi connectivity index (χ1) is 16.1. The van der Waals surface area contributed by atoms with Gasteiger partial charge in [-0.1, -0.05) is 26.0 Å². The Hall–Kier alpha value is -1.93. The van der Waals surface area contributed by atoms with Crippen LogP contribution in [-0.4, -0.2) is 70.5 Å². The number of hydrogen-bond acceptors (Lipinski definition) is 7. The van der Waals surface area contributed by atoms with Gasteiger partial charge in [-0.05, 0) is 51.4 Å². The topological polar surface area (TPSA) is 102 Å². The first kappa shape index (κ1) is 27.7. The van der Waals surface area contributed by atoms with Crippen LogP contribution in [0.4, 0.5) is 0 Å². The molecule has 0 aromatic heterocycles. The smallest absolute Gasteiger partial charge is 0.303 e. The van der Waals surface area contributed by atoms with Crippen LogP contribution in [0.3, 0.4) is 0 Å². The van der Waals surface area contributed by atoms with Crippen molar-refractivity contribution in [2.45, 2.75) is 110 Å². The molecule has 2 heterocycles. The van der Waals surface area contributed by atoms with Crippen molar-refractivity contribution in [3.63, 3.8) is 0 Å². The predicted octanol–water partition coefficient (Wildman–Crippen LogP) is 3.25. The van der Waals surface area contributed by atoms with Crippen molar-refractivity contribution in [2.24, 2.45) is 23.7 Å². The molecule has 1 aliphatic carbocycles. The third-order valence-corrected chi connectivity index (χ3v) is 8.81. The van der Waals surface area contributed by atoms with Gasteiger partial charge in [0.2, 0.25) is 5.91 Å². The third kappa shape index (κ3) is 5.01. The van der Waals surface area contributed by atoms with Crippen LogP contribution in [-0.2, 0) is 28.6 Å². The fourth-order valence-electron chi connectivity index (χ4n) is 7.09. The highest BCUT2D eigenvalue weighted by Gasteiger charge is 2.66. The second-order valence-corrected chi connectivity index (χ2v) is 11.6. The van der Waals surface area contributed by atoms with E-state index < -0.39 is 41.5 Å². The Labute approximate surface area is 209 Å². The predicted molar refractivity (Wildman–Crippen MR) is 130 cm³/mol. The van der Waals surface area contributed by atoms with Crippen LogP contribution in [0, 0.1) is 23.7 Å². The molecule has 35 heavy (non-hydrogen) atoms. The van der Waals surface area contributed by atoms with E-state index in [4.69, 9.17) is 14.2 Å². The number of aliphatic hydroxyl groups excluding tert-OH is 1. The standard InChI is InChI=1S/C27H43NO7/c1-14(2)19-13-22(32)27(8,35-18(6)31)24-21-12-15(3)20(28(9)16(4)29)10-11-26(7,34-17(5)30)25(33-21)23(19)24/h14,19-25,32H,3,10-13H2,1-2,4-9H3/t19-,20+,21-,22+,23-,24-,25-,26-,27-/m0/s1. The number of fused-ring (bicyclic) bond motifs is 5. The Bertz CT molecular complexity index is 872. The summed E-state index contributed by atoms with van der Waals surface area (Å²) in [5.41, 5.74) is -1.29. The third-order valence-electron chi connectivity index (χ3n) is 8.81. The average molecular weight is 494 g/mol. The van der Waals surface area contributed by atoms with Gasteiger partial charge < -0.3 is 24.2 Å². The van der Waals surface area contributed by atoms with Crippen LogP contribution in [0.1, 0.15) is 74.1 Å². The quantitative estimate of drug-likeness (QED) is 0.474. The molecule has 3 fully saturated rings. The van der Waals surface area contributed by atoms with Gasteiger partial charge in [0.05, 0.1) is 18.2 Å². The van der Waals surface area contributed by atoms with Gasteiger partial charge in [0.1, 0.15) is 17.3 Å². The Morgan fingerprint density at radius 3 is 2.26 bits per heavy atom. The Morgan fingerprint density at radius 2 is 1.74 bits per heavy atom. The summed E-state index contributed by atoms with van der Waals surface area (Å²) in [6.07, 6.45) is 0.230. The zero-order chi connectivity index (χ0) is 26.5. The lowest BCUT2D eigenvalue weighted by atomic mass is 9.56. The molecule has 0 aromatic carbocycles. The van der Waals surface area contributed by atoms with E-state index >= 15 is 0 Å². The number of amides is 1. The van der Waals surface area contributed by atoms with E-state index in [1.54, 1.807) is 18.9 Å². The molecule has 198 valence electrons. The number of rotatable bonds is 4. The van der Waals surface area contributed by atoms with Crippen molar-refractivity contribution in [3.8, 4) is 0 Å². The van der Waals surface area contributed by atoms with Crippen molar-refractivity contribution >= 4 is 17.8 Å². The molecule has 3 aliphatic rings. The number of carbonyl (C=O) groups is 3. The Kier molecular flexibility index (Phi) is 7.78. The summed E-state index contributed by atoms with van der Waals surface area (Å²) in [6.45, 7) is 16.6. The summed E-state index contributed by atoms with van der Waals surface area (Å²) in [5.74, 6) is -1.07. The van der Waals surface area contributed by atoms with E-state index in [9.17, 15) is 19.5 Å². The number of esters is 2. The van der Waals surface area contributed by atoms with E-state index in [0.717, 1.165) is 5.57 Å². The maximum Gasteiger partial charge on any atom is 0.303 e. The molecular formula is C27H43NO7. The fourth-order valence-corrected chi connectivity index (χ4v) is 7.09. The molecule has 3 rings (SSSR count). The minimum Gasteiger partial charge on any atom is -0.457 e. The number of nitrogens with zero attached hydrogens (tertiary/aromatic N) is 1. The monoisotopic (exact) mass is 493 g/mol. The van der Waals surface area contributed by atoms with Gasteiger partial charge in [0.25, 0.3) is 0 Å².